The molecule has 0 spiro atoms. The molecule has 1 aromatic heterocycles. The molecule has 1 amide bonds. The maximum Gasteiger partial charge on any atom is 0.236 e. The maximum absolute atomic E-state index is 12.7. The maximum atomic E-state index is 12.7. The number of primary amides is 1. The molecule has 1 saturated heterocycles. The minimum atomic E-state index is -1.24. The Bertz CT molecular complexity index is 1380. The molecule has 1 fully saturated rings. The van der Waals surface area contributed by atoms with E-state index in [1.54, 1.807) is 26.6 Å². The monoisotopic (exact) mass is 571 g/mol. The van der Waals surface area contributed by atoms with Crippen LogP contribution in [0.4, 0.5) is 5.69 Å². The summed E-state index contributed by atoms with van der Waals surface area (Å²) in [6.07, 6.45) is 5.30. The summed E-state index contributed by atoms with van der Waals surface area (Å²) in [6.45, 7) is 4.87. The third kappa shape index (κ3) is 5.30. The van der Waals surface area contributed by atoms with Crippen LogP contribution >= 0.6 is 23.4 Å². The molecule has 39 heavy (non-hydrogen) atoms. The Kier molecular flexibility index (Phi) is 8.27. The summed E-state index contributed by atoms with van der Waals surface area (Å²) in [5, 5.41) is 8.64. The van der Waals surface area contributed by atoms with Gasteiger partial charge < -0.3 is 30.6 Å². The number of halogens is 1. The number of thioether (sulfide) groups is 1. The molecule has 3 aromatic rings. The first-order chi connectivity index (χ1) is 18.9. The van der Waals surface area contributed by atoms with Crippen LogP contribution in [0.5, 0.6) is 11.5 Å². The van der Waals surface area contributed by atoms with Crippen molar-refractivity contribution in [2.45, 2.75) is 36.8 Å². The second-order valence-corrected chi connectivity index (χ2v) is 11.2. The molecule has 0 aliphatic carbocycles. The number of imidazole rings is 1. The quantitative estimate of drug-likeness (QED) is 0.322. The van der Waals surface area contributed by atoms with Crippen molar-refractivity contribution in [3.63, 3.8) is 0 Å². The first-order valence-corrected chi connectivity index (χ1v) is 14.3. The summed E-state index contributed by atoms with van der Waals surface area (Å²) in [7, 11) is 3.15. The van der Waals surface area contributed by atoms with Gasteiger partial charge in [0.2, 0.25) is 5.91 Å². The summed E-state index contributed by atoms with van der Waals surface area (Å²) in [5.41, 5.74) is 7.71. The third-order valence-corrected chi connectivity index (χ3v) is 9.01. The number of nitrogens with zero attached hydrogens (tertiary/aromatic N) is 2. The summed E-state index contributed by atoms with van der Waals surface area (Å²) >= 11 is 8.24. The summed E-state index contributed by atoms with van der Waals surface area (Å²) in [6, 6.07) is 9.51. The minimum Gasteiger partial charge on any atom is -0.493 e. The van der Waals surface area contributed by atoms with Gasteiger partial charge in [0.1, 0.15) is 5.25 Å². The SMILES string of the molecule is COc1cc2ncn(C3(O[C@H](C)c4cccc(NCC5CCNCC5)c4Cl)C=CSC3C(N)=O)c2cc1OC. The van der Waals surface area contributed by atoms with Crippen molar-refractivity contribution >= 4 is 46.0 Å². The van der Waals surface area contributed by atoms with E-state index in [0.29, 0.717) is 33.5 Å². The molecule has 4 N–H and O–H groups in total. The number of methoxy groups -OCH3 is 2. The number of ether oxygens (including phenoxy) is 3. The Morgan fingerprint density at radius 3 is 2.74 bits per heavy atom. The summed E-state index contributed by atoms with van der Waals surface area (Å²) < 4.78 is 19.6. The van der Waals surface area contributed by atoms with Gasteiger partial charge in [-0.05, 0) is 56.3 Å². The van der Waals surface area contributed by atoms with Crippen LogP contribution in [0.25, 0.3) is 11.0 Å². The number of amides is 1. The topological polar surface area (TPSA) is 113 Å². The van der Waals surface area contributed by atoms with Gasteiger partial charge in [0.25, 0.3) is 0 Å². The zero-order valence-electron chi connectivity index (χ0n) is 22.3. The summed E-state index contributed by atoms with van der Waals surface area (Å²) in [4.78, 5) is 17.3. The van der Waals surface area contributed by atoms with Gasteiger partial charge in [-0.15, -0.1) is 11.8 Å². The van der Waals surface area contributed by atoms with Gasteiger partial charge in [-0.25, -0.2) is 4.98 Å². The Hall–Kier alpha value is -2.92. The molecule has 208 valence electrons. The number of nitrogens with one attached hydrogen (secondary N) is 2. The molecule has 0 radical (unpaired) electrons. The number of hydrogen-bond donors (Lipinski definition) is 3. The van der Waals surface area contributed by atoms with Crippen LogP contribution in [-0.2, 0) is 15.3 Å². The number of fused-ring (bicyclic) bond motifs is 1. The van der Waals surface area contributed by atoms with Crippen LogP contribution in [0.15, 0.2) is 48.1 Å². The highest BCUT2D eigenvalue weighted by molar-refractivity contribution is 8.03. The molecule has 0 saturated carbocycles. The van der Waals surface area contributed by atoms with Crippen LogP contribution in [0.3, 0.4) is 0 Å². The molecule has 2 aliphatic heterocycles. The van der Waals surface area contributed by atoms with Crippen LogP contribution in [0.2, 0.25) is 5.02 Å². The second kappa shape index (κ2) is 11.7. The van der Waals surface area contributed by atoms with Crippen molar-refractivity contribution in [2.24, 2.45) is 11.7 Å². The lowest BCUT2D eigenvalue weighted by Gasteiger charge is -2.37. The lowest BCUT2D eigenvalue weighted by molar-refractivity contribution is -0.135. The van der Waals surface area contributed by atoms with Crippen molar-refractivity contribution in [3.8, 4) is 11.5 Å². The lowest BCUT2D eigenvalue weighted by Crippen LogP contribution is -2.48. The standard InChI is InChI=1S/C28H34ClN5O4S/c1-17(19-5-4-6-20(25(19)29)32-15-18-7-10-31-11-8-18)38-28(9-12-39-26(28)27(30)35)34-16-33-21-13-23(36-2)24(37-3)14-22(21)34/h4-6,9,12-14,16-18,26,31-32H,7-8,10-11,15H2,1-3H3,(H2,30,35)/t17-,26?,28?/m1/s1. The van der Waals surface area contributed by atoms with Crippen LogP contribution in [-0.4, -0.2) is 54.6 Å². The molecular formula is C28H34ClN5O4S. The molecule has 11 heteroatoms. The molecule has 9 nitrogen and oxygen atoms in total. The van der Waals surface area contributed by atoms with E-state index in [9.17, 15) is 4.79 Å². The Morgan fingerprint density at radius 1 is 1.28 bits per heavy atom. The molecular weight excluding hydrogens is 538 g/mol. The Labute approximate surface area is 237 Å². The highest BCUT2D eigenvalue weighted by Gasteiger charge is 2.49. The van der Waals surface area contributed by atoms with Gasteiger partial charge in [0, 0.05) is 24.2 Å². The normalized spacial score (nSPS) is 22.2. The van der Waals surface area contributed by atoms with Gasteiger partial charge >= 0.3 is 0 Å². The van der Waals surface area contributed by atoms with Gasteiger partial charge in [0.15, 0.2) is 17.2 Å². The van der Waals surface area contributed by atoms with Gasteiger partial charge in [-0.3, -0.25) is 9.36 Å². The average Bonchev–Trinajstić information content (AvgIpc) is 3.56. The third-order valence-electron chi connectivity index (χ3n) is 7.46. The fourth-order valence-electron chi connectivity index (χ4n) is 5.34. The molecule has 2 aliphatic rings. The van der Waals surface area contributed by atoms with E-state index < -0.39 is 23.0 Å². The van der Waals surface area contributed by atoms with Crippen molar-refractivity contribution < 1.29 is 19.0 Å². The first kappa shape index (κ1) is 27.6. The largest absolute Gasteiger partial charge is 0.493 e. The van der Waals surface area contributed by atoms with E-state index in [-0.39, 0.29) is 0 Å². The highest BCUT2D eigenvalue weighted by Crippen LogP contribution is 2.46. The molecule has 2 aromatic carbocycles. The predicted octanol–water partition coefficient (Wildman–Crippen LogP) is 4.66. The number of aromatic nitrogens is 2. The van der Waals surface area contributed by atoms with Crippen LogP contribution < -0.4 is 25.8 Å². The smallest absolute Gasteiger partial charge is 0.236 e. The number of carbonyl (C=O) groups is 1. The van der Waals surface area contributed by atoms with E-state index in [1.165, 1.54) is 11.8 Å². The van der Waals surface area contributed by atoms with Crippen LogP contribution in [0.1, 0.15) is 31.4 Å². The zero-order chi connectivity index (χ0) is 27.6. The number of benzene rings is 2. The number of piperidine rings is 1. The van der Waals surface area contributed by atoms with Gasteiger partial charge in [0.05, 0.1) is 48.4 Å². The second-order valence-electron chi connectivity index (χ2n) is 9.83. The van der Waals surface area contributed by atoms with Crippen molar-refractivity contribution in [1.82, 2.24) is 14.9 Å². The average molecular weight is 572 g/mol. The van der Waals surface area contributed by atoms with E-state index in [4.69, 9.17) is 31.5 Å². The summed E-state index contributed by atoms with van der Waals surface area (Å²) in [5.74, 6) is 1.20. The number of anilines is 1. The highest BCUT2D eigenvalue weighted by atomic mass is 35.5. The Balaban J connectivity index is 1.49. The number of nitrogens with two attached hydrogens (primary N) is 1. The zero-order valence-corrected chi connectivity index (χ0v) is 23.8. The Morgan fingerprint density at radius 2 is 2.03 bits per heavy atom. The van der Waals surface area contributed by atoms with Crippen molar-refractivity contribution in [3.05, 3.63) is 58.7 Å². The first-order valence-electron chi connectivity index (χ1n) is 13.0. The molecule has 2 unspecified atom stereocenters. The van der Waals surface area contributed by atoms with E-state index >= 15 is 0 Å². The fraction of sp³-hybridized carbons (Fsp3) is 0.429. The van der Waals surface area contributed by atoms with E-state index in [1.807, 2.05) is 47.2 Å². The van der Waals surface area contributed by atoms with Gasteiger partial charge in [-0.2, -0.15) is 0 Å². The molecule has 3 heterocycles. The number of rotatable bonds is 10. The van der Waals surface area contributed by atoms with Gasteiger partial charge in [-0.1, -0.05) is 23.7 Å². The van der Waals surface area contributed by atoms with Crippen molar-refractivity contribution in [2.75, 3.05) is 39.2 Å². The predicted molar refractivity (Wildman–Crippen MR) is 156 cm³/mol. The lowest BCUT2D eigenvalue weighted by atomic mass is 9.98. The minimum absolute atomic E-state index is 0.485. The van der Waals surface area contributed by atoms with Crippen molar-refractivity contribution in [1.29, 1.82) is 0 Å². The molecule has 5 rings (SSSR count). The number of hydrogen-bond acceptors (Lipinski definition) is 8. The van der Waals surface area contributed by atoms with E-state index in [0.717, 1.165) is 43.7 Å². The fourth-order valence-corrected chi connectivity index (χ4v) is 6.69. The molecule has 0 bridgehead atoms. The molecule has 3 atom stereocenters. The van der Waals surface area contributed by atoms with E-state index in [2.05, 4.69) is 15.6 Å². The number of carbonyl (C=O) groups excluding carboxylic acids is 1. The van der Waals surface area contributed by atoms with Crippen LogP contribution in [0, 0.1) is 5.92 Å².